The van der Waals surface area contributed by atoms with E-state index in [1.807, 2.05) is 0 Å². The molecule has 4 nitrogen and oxygen atoms in total. The maximum Gasteiger partial charge on any atom is 0.191 e. The molecule has 2 heterocycles. The van der Waals surface area contributed by atoms with E-state index in [4.69, 9.17) is 10.7 Å². The molecule has 23 heavy (non-hydrogen) atoms. The van der Waals surface area contributed by atoms with Crippen molar-refractivity contribution in [3.8, 4) is 0 Å². The van der Waals surface area contributed by atoms with Gasteiger partial charge in [-0.15, -0.1) is 24.0 Å². The lowest BCUT2D eigenvalue weighted by Crippen LogP contribution is -2.39. The Bertz CT molecular complexity index is 330. The minimum absolute atomic E-state index is 0. The van der Waals surface area contributed by atoms with E-state index in [-0.39, 0.29) is 24.0 Å². The number of rotatable bonds is 5. The van der Waals surface area contributed by atoms with E-state index in [0.29, 0.717) is 0 Å². The van der Waals surface area contributed by atoms with E-state index in [9.17, 15) is 0 Å². The van der Waals surface area contributed by atoms with Crippen molar-refractivity contribution in [3.63, 3.8) is 0 Å². The molecule has 0 amide bonds. The van der Waals surface area contributed by atoms with Crippen molar-refractivity contribution in [2.24, 2.45) is 22.6 Å². The average Bonchev–Trinajstić information content (AvgIpc) is 2.81. The Morgan fingerprint density at radius 2 is 1.65 bits per heavy atom. The van der Waals surface area contributed by atoms with Crippen molar-refractivity contribution in [2.45, 2.75) is 58.8 Å². The molecule has 0 saturated carbocycles. The number of piperidine rings is 1. The summed E-state index contributed by atoms with van der Waals surface area (Å²) in [5, 5.41) is 0. The van der Waals surface area contributed by atoms with Gasteiger partial charge in [0.25, 0.3) is 0 Å². The highest BCUT2D eigenvalue weighted by molar-refractivity contribution is 14.0. The molecule has 0 bridgehead atoms. The number of nitrogens with zero attached hydrogens (tertiary/aromatic N) is 3. The lowest BCUT2D eigenvalue weighted by atomic mass is 9.96. The molecule has 0 aromatic rings. The summed E-state index contributed by atoms with van der Waals surface area (Å²) in [5.41, 5.74) is 6.21. The summed E-state index contributed by atoms with van der Waals surface area (Å²) < 4.78 is 0. The molecule has 0 aromatic carbocycles. The monoisotopic (exact) mass is 436 g/mol. The van der Waals surface area contributed by atoms with Crippen LogP contribution in [0.5, 0.6) is 0 Å². The van der Waals surface area contributed by atoms with Crippen LogP contribution in [-0.4, -0.2) is 55.0 Å². The van der Waals surface area contributed by atoms with Gasteiger partial charge < -0.3 is 15.5 Å². The number of guanidine groups is 1. The van der Waals surface area contributed by atoms with Gasteiger partial charge in [0.2, 0.25) is 0 Å². The predicted molar refractivity (Wildman–Crippen MR) is 111 cm³/mol. The summed E-state index contributed by atoms with van der Waals surface area (Å²) in [6.45, 7) is 11.5. The number of hydrogen-bond donors (Lipinski definition) is 1. The largest absolute Gasteiger partial charge is 0.370 e. The van der Waals surface area contributed by atoms with Crippen LogP contribution in [0.25, 0.3) is 0 Å². The summed E-state index contributed by atoms with van der Waals surface area (Å²) in [5.74, 6) is 2.35. The smallest absolute Gasteiger partial charge is 0.191 e. The van der Waals surface area contributed by atoms with Crippen LogP contribution < -0.4 is 5.73 Å². The number of halogens is 1. The highest BCUT2D eigenvalue weighted by atomic mass is 127. The molecule has 0 spiro atoms. The van der Waals surface area contributed by atoms with E-state index in [1.165, 1.54) is 64.6 Å². The van der Waals surface area contributed by atoms with E-state index in [0.717, 1.165) is 37.4 Å². The van der Waals surface area contributed by atoms with Crippen LogP contribution >= 0.6 is 24.0 Å². The fraction of sp³-hybridized carbons (Fsp3) is 0.944. The van der Waals surface area contributed by atoms with Crippen LogP contribution in [0.2, 0.25) is 0 Å². The molecule has 2 N–H and O–H groups in total. The first kappa shape index (κ1) is 21.0. The average molecular weight is 436 g/mol. The minimum Gasteiger partial charge on any atom is -0.370 e. The molecule has 2 rings (SSSR count). The summed E-state index contributed by atoms with van der Waals surface area (Å²) in [6, 6.07) is 0. The normalized spacial score (nSPS) is 22.0. The molecular weight excluding hydrogens is 399 g/mol. The second kappa shape index (κ2) is 11.5. The van der Waals surface area contributed by atoms with Crippen molar-refractivity contribution in [2.75, 3.05) is 39.3 Å². The second-order valence-electron chi connectivity index (χ2n) is 7.57. The van der Waals surface area contributed by atoms with Gasteiger partial charge in [-0.05, 0) is 63.6 Å². The Morgan fingerprint density at radius 3 is 2.22 bits per heavy atom. The van der Waals surface area contributed by atoms with Gasteiger partial charge in [-0.2, -0.15) is 0 Å². The maximum absolute atomic E-state index is 6.21. The molecule has 0 unspecified atom stereocenters. The lowest BCUT2D eigenvalue weighted by Gasteiger charge is -2.32. The predicted octanol–water partition coefficient (Wildman–Crippen LogP) is 3.55. The first-order valence-corrected chi connectivity index (χ1v) is 9.42. The third-order valence-corrected chi connectivity index (χ3v) is 5.17. The zero-order valence-electron chi connectivity index (χ0n) is 15.2. The molecule has 2 fully saturated rings. The Morgan fingerprint density at radius 1 is 1.04 bits per heavy atom. The zero-order chi connectivity index (χ0) is 15.8. The Balaban J connectivity index is 0.00000264. The first-order valence-electron chi connectivity index (χ1n) is 9.42. The summed E-state index contributed by atoms with van der Waals surface area (Å²) >= 11 is 0. The van der Waals surface area contributed by atoms with Crippen LogP contribution in [0.1, 0.15) is 58.8 Å². The van der Waals surface area contributed by atoms with Gasteiger partial charge in [-0.3, -0.25) is 4.99 Å². The van der Waals surface area contributed by atoms with Crippen LogP contribution in [0.3, 0.4) is 0 Å². The van der Waals surface area contributed by atoms with Gasteiger partial charge in [-0.1, -0.05) is 26.7 Å². The summed E-state index contributed by atoms with van der Waals surface area (Å²) in [7, 11) is 0. The van der Waals surface area contributed by atoms with Crippen molar-refractivity contribution in [3.05, 3.63) is 0 Å². The molecule has 2 aliphatic rings. The van der Waals surface area contributed by atoms with E-state index < -0.39 is 0 Å². The lowest BCUT2D eigenvalue weighted by molar-refractivity contribution is 0.179. The Labute approximate surface area is 160 Å². The molecular formula is C18H37IN4. The highest BCUT2D eigenvalue weighted by Gasteiger charge is 2.19. The molecule has 0 radical (unpaired) electrons. The summed E-state index contributed by atoms with van der Waals surface area (Å²) in [4.78, 5) is 9.63. The molecule has 5 heteroatoms. The molecule has 136 valence electrons. The van der Waals surface area contributed by atoms with Gasteiger partial charge >= 0.3 is 0 Å². The fourth-order valence-corrected chi connectivity index (χ4v) is 3.46. The van der Waals surface area contributed by atoms with E-state index in [2.05, 4.69) is 23.6 Å². The first-order chi connectivity index (χ1) is 10.6. The van der Waals surface area contributed by atoms with Crippen molar-refractivity contribution in [1.29, 1.82) is 0 Å². The van der Waals surface area contributed by atoms with Gasteiger partial charge in [-0.25, -0.2) is 0 Å². The number of likely N-dealkylation sites (tertiary alicyclic amines) is 2. The quantitative estimate of drug-likeness (QED) is 0.407. The van der Waals surface area contributed by atoms with Gasteiger partial charge in [0.15, 0.2) is 5.96 Å². The number of nitrogens with two attached hydrogens (primary N) is 1. The van der Waals surface area contributed by atoms with Crippen LogP contribution in [0, 0.1) is 11.8 Å². The van der Waals surface area contributed by atoms with E-state index >= 15 is 0 Å². The topological polar surface area (TPSA) is 44.9 Å². The number of hydrogen-bond acceptors (Lipinski definition) is 2. The summed E-state index contributed by atoms with van der Waals surface area (Å²) in [6.07, 6.45) is 9.13. The highest BCUT2D eigenvalue weighted by Crippen LogP contribution is 2.18. The fourth-order valence-electron chi connectivity index (χ4n) is 3.46. The molecule has 0 atom stereocenters. The van der Waals surface area contributed by atoms with Crippen LogP contribution in [0.15, 0.2) is 4.99 Å². The molecule has 0 aromatic heterocycles. The standard InChI is InChI=1S/C18H36N4.HI/c1-16(2)7-12-21-13-8-17(9-14-21)15-20-18(19)22-10-5-3-4-6-11-22;/h16-17H,3-15H2,1-2H3,(H2,19,20);1H. The van der Waals surface area contributed by atoms with E-state index in [1.54, 1.807) is 0 Å². The van der Waals surface area contributed by atoms with Gasteiger partial charge in [0.05, 0.1) is 0 Å². The SMILES string of the molecule is CC(C)CCN1CCC(CN=C(N)N2CCCCCC2)CC1.I. The maximum atomic E-state index is 6.21. The Hall–Kier alpha value is -0.0400. The van der Waals surface area contributed by atoms with Crippen LogP contribution in [0.4, 0.5) is 0 Å². The van der Waals surface area contributed by atoms with Crippen molar-refractivity contribution >= 4 is 29.9 Å². The third-order valence-electron chi connectivity index (χ3n) is 5.17. The van der Waals surface area contributed by atoms with Crippen molar-refractivity contribution < 1.29 is 0 Å². The molecule has 0 aliphatic carbocycles. The molecule has 2 saturated heterocycles. The van der Waals surface area contributed by atoms with Crippen LogP contribution in [-0.2, 0) is 0 Å². The zero-order valence-corrected chi connectivity index (χ0v) is 17.5. The third kappa shape index (κ3) is 8.05. The molecule has 2 aliphatic heterocycles. The van der Waals surface area contributed by atoms with Gasteiger partial charge in [0.1, 0.15) is 0 Å². The van der Waals surface area contributed by atoms with Crippen molar-refractivity contribution in [1.82, 2.24) is 9.80 Å². The van der Waals surface area contributed by atoms with Gasteiger partial charge in [0, 0.05) is 19.6 Å². The Kier molecular flexibility index (Phi) is 10.5. The minimum atomic E-state index is 0. The number of aliphatic imine (C=N–C) groups is 1. The second-order valence-corrected chi connectivity index (χ2v) is 7.57.